The first-order valence-electron chi connectivity index (χ1n) is 8.51. The summed E-state index contributed by atoms with van der Waals surface area (Å²) >= 11 is 0. The van der Waals surface area contributed by atoms with Gasteiger partial charge < -0.3 is 15.4 Å². The average molecular weight is 345 g/mol. The topological polar surface area (TPSA) is 51.4 Å². The molecule has 0 amide bonds. The average Bonchev–Trinajstić information content (AvgIpc) is 2.52. The molecule has 5 heteroatoms. The quantitative estimate of drug-likeness (QED) is 0.836. The van der Waals surface area contributed by atoms with Crippen LogP contribution in [0.2, 0.25) is 0 Å². The van der Waals surface area contributed by atoms with Crippen molar-refractivity contribution >= 4 is 0 Å². The van der Waals surface area contributed by atoms with Crippen LogP contribution in [0.3, 0.4) is 0 Å². The molecular weight excluding hydrogens is 317 g/mol. The molecule has 1 heterocycles. The zero-order chi connectivity index (χ0) is 18.4. The summed E-state index contributed by atoms with van der Waals surface area (Å²) in [7, 11) is 1.96. The lowest BCUT2D eigenvalue weighted by Gasteiger charge is -2.22. The summed E-state index contributed by atoms with van der Waals surface area (Å²) in [6.45, 7) is 8.13. The van der Waals surface area contributed by atoms with Gasteiger partial charge in [0.05, 0.1) is 12.2 Å². The number of rotatable bonds is 7. The lowest BCUT2D eigenvalue weighted by molar-refractivity contribution is 0.232. The Hall–Kier alpha value is -1.98. The fourth-order valence-corrected chi connectivity index (χ4v) is 2.58. The Morgan fingerprint density at radius 3 is 2.68 bits per heavy atom. The maximum atomic E-state index is 13.2. The summed E-state index contributed by atoms with van der Waals surface area (Å²) < 4.78 is 19.0. The van der Waals surface area contributed by atoms with Gasteiger partial charge in [-0.2, -0.15) is 0 Å². The smallest absolute Gasteiger partial charge is 0.137 e. The van der Waals surface area contributed by atoms with Crippen LogP contribution in [0.15, 0.2) is 42.7 Å². The van der Waals surface area contributed by atoms with Gasteiger partial charge >= 0.3 is 0 Å². The van der Waals surface area contributed by atoms with Gasteiger partial charge in [-0.05, 0) is 41.8 Å². The summed E-state index contributed by atoms with van der Waals surface area (Å²) in [6, 6.07) is 8.49. The maximum absolute atomic E-state index is 13.2. The van der Waals surface area contributed by atoms with E-state index in [4.69, 9.17) is 10.5 Å². The number of halogens is 1. The largest absolute Gasteiger partial charge is 0.490 e. The predicted octanol–water partition coefficient (Wildman–Crippen LogP) is 3.36. The van der Waals surface area contributed by atoms with E-state index in [-0.39, 0.29) is 17.3 Å². The number of aromatic nitrogens is 1. The van der Waals surface area contributed by atoms with E-state index in [9.17, 15) is 4.39 Å². The first-order chi connectivity index (χ1) is 11.7. The van der Waals surface area contributed by atoms with Crippen LogP contribution >= 0.6 is 0 Å². The van der Waals surface area contributed by atoms with Gasteiger partial charge in [0.25, 0.3) is 0 Å². The van der Waals surface area contributed by atoms with Crippen molar-refractivity contribution in [2.45, 2.75) is 38.8 Å². The highest BCUT2D eigenvalue weighted by molar-refractivity contribution is 5.28. The van der Waals surface area contributed by atoms with E-state index >= 15 is 0 Å². The first kappa shape index (κ1) is 19.3. The molecule has 2 aromatic rings. The van der Waals surface area contributed by atoms with Crippen molar-refractivity contribution in [1.82, 2.24) is 9.88 Å². The van der Waals surface area contributed by atoms with Crippen LogP contribution in [-0.2, 0) is 12.0 Å². The van der Waals surface area contributed by atoms with Gasteiger partial charge in [0.1, 0.15) is 18.2 Å². The molecule has 136 valence electrons. The molecule has 0 spiro atoms. The van der Waals surface area contributed by atoms with E-state index < -0.39 is 0 Å². The second-order valence-corrected chi connectivity index (χ2v) is 7.56. The number of likely N-dealkylation sites (N-methyl/N-ethyl adjacent to an activating group) is 1. The maximum Gasteiger partial charge on any atom is 0.137 e. The van der Waals surface area contributed by atoms with Crippen molar-refractivity contribution in [3.05, 3.63) is 59.7 Å². The summed E-state index contributed by atoms with van der Waals surface area (Å²) in [5.41, 5.74) is 8.25. The fraction of sp³-hybridized carbons (Fsp3) is 0.450. The van der Waals surface area contributed by atoms with Crippen LogP contribution in [0.1, 0.15) is 31.9 Å². The third-order valence-electron chi connectivity index (χ3n) is 3.93. The standard InChI is InChI=1S/C20H28FN3O/c1-20(2,3)16-9-19(11-23-10-16)25-14-18(22)13-24(4)12-15-6-5-7-17(21)8-15/h5-11,18H,12-14,22H2,1-4H3/t18-/m0/s1. The molecule has 2 rings (SSSR count). The normalized spacial score (nSPS) is 13.1. The molecule has 1 aromatic heterocycles. The molecule has 1 atom stereocenters. The van der Waals surface area contributed by atoms with Crippen molar-refractivity contribution in [3.8, 4) is 5.75 Å². The number of hydrogen-bond donors (Lipinski definition) is 1. The number of nitrogens with two attached hydrogens (primary N) is 1. The Balaban J connectivity index is 1.83. The van der Waals surface area contributed by atoms with Gasteiger partial charge in [0.15, 0.2) is 0 Å². The van der Waals surface area contributed by atoms with E-state index in [1.165, 1.54) is 6.07 Å². The minimum Gasteiger partial charge on any atom is -0.490 e. The molecule has 0 saturated carbocycles. The van der Waals surface area contributed by atoms with Crippen molar-refractivity contribution in [1.29, 1.82) is 0 Å². The van der Waals surface area contributed by atoms with Crippen molar-refractivity contribution < 1.29 is 9.13 Å². The first-order valence-corrected chi connectivity index (χ1v) is 8.51. The zero-order valence-corrected chi connectivity index (χ0v) is 15.5. The molecule has 0 unspecified atom stereocenters. The van der Waals surface area contributed by atoms with Gasteiger partial charge in [-0.3, -0.25) is 4.98 Å². The minimum atomic E-state index is -0.218. The molecule has 2 N–H and O–H groups in total. The van der Waals surface area contributed by atoms with E-state index in [1.807, 2.05) is 25.4 Å². The van der Waals surface area contributed by atoms with Crippen LogP contribution in [0.4, 0.5) is 4.39 Å². The van der Waals surface area contributed by atoms with E-state index in [0.717, 1.165) is 16.9 Å². The molecule has 25 heavy (non-hydrogen) atoms. The third-order valence-corrected chi connectivity index (χ3v) is 3.93. The number of ether oxygens (including phenoxy) is 1. The number of benzene rings is 1. The van der Waals surface area contributed by atoms with Crippen LogP contribution in [-0.4, -0.2) is 36.1 Å². The fourth-order valence-electron chi connectivity index (χ4n) is 2.58. The van der Waals surface area contributed by atoms with Crippen molar-refractivity contribution in [3.63, 3.8) is 0 Å². The van der Waals surface area contributed by atoms with Crippen molar-refractivity contribution in [2.24, 2.45) is 5.73 Å². The molecular formula is C20H28FN3O. The SMILES string of the molecule is CN(Cc1cccc(F)c1)C[C@H](N)COc1cncc(C(C)(C)C)c1. The highest BCUT2D eigenvalue weighted by Crippen LogP contribution is 2.24. The molecule has 4 nitrogen and oxygen atoms in total. The van der Waals surface area contributed by atoms with E-state index in [1.54, 1.807) is 18.3 Å². The van der Waals surface area contributed by atoms with Gasteiger partial charge in [-0.25, -0.2) is 4.39 Å². The Morgan fingerprint density at radius 1 is 1.24 bits per heavy atom. The molecule has 1 aromatic carbocycles. The lowest BCUT2D eigenvalue weighted by Crippen LogP contribution is -2.39. The molecule has 0 aliphatic heterocycles. The van der Waals surface area contributed by atoms with Crippen LogP contribution < -0.4 is 10.5 Å². The second kappa shape index (κ2) is 8.41. The summed E-state index contributed by atoms with van der Waals surface area (Å²) in [5, 5.41) is 0. The Labute approximate surface area is 149 Å². The Kier molecular flexibility index (Phi) is 6.51. The summed E-state index contributed by atoms with van der Waals surface area (Å²) in [6.07, 6.45) is 3.57. The Bertz CT molecular complexity index is 685. The predicted molar refractivity (Wildman–Crippen MR) is 99.1 cm³/mol. The van der Waals surface area contributed by atoms with Crippen LogP contribution in [0.25, 0.3) is 0 Å². The van der Waals surface area contributed by atoms with Crippen molar-refractivity contribution in [2.75, 3.05) is 20.2 Å². The minimum absolute atomic E-state index is 0.0274. The third kappa shape index (κ3) is 6.44. The van der Waals surface area contributed by atoms with Crippen LogP contribution in [0.5, 0.6) is 5.75 Å². The molecule has 0 fully saturated rings. The number of hydrogen-bond acceptors (Lipinski definition) is 4. The highest BCUT2D eigenvalue weighted by Gasteiger charge is 2.15. The van der Waals surface area contributed by atoms with Gasteiger partial charge in [-0.1, -0.05) is 32.9 Å². The molecule has 0 radical (unpaired) electrons. The van der Waals surface area contributed by atoms with Gasteiger partial charge in [-0.15, -0.1) is 0 Å². The zero-order valence-electron chi connectivity index (χ0n) is 15.5. The number of nitrogens with zero attached hydrogens (tertiary/aromatic N) is 2. The molecule has 0 bridgehead atoms. The lowest BCUT2D eigenvalue weighted by atomic mass is 9.88. The highest BCUT2D eigenvalue weighted by atomic mass is 19.1. The van der Waals surface area contributed by atoms with E-state index in [2.05, 4.69) is 30.7 Å². The number of pyridine rings is 1. The monoisotopic (exact) mass is 345 g/mol. The van der Waals surface area contributed by atoms with Crippen LogP contribution in [0, 0.1) is 5.82 Å². The summed E-state index contributed by atoms with van der Waals surface area (Å²) in [5.74, 6) is 0.514. The molecule has 0 aliphatic rings. The Morgan fingerprint density at radius 2 is 2.00 bits per heavy atom. The molecule has 0 saturated heterocycles. The van der Waals surface area contributed by atoms with E-state index in [0.29, 0.717) is 19.7 Å². The molecule has 0 aliphatic carbocycles. The van der Waals surface area contributed by atoms with Gasteiger partial charge in [0.2, 0.25) is 0 Å². The summed E-state index contributed by atoms with van der Waals surface area (Å²) in [4.78, 5) is 6.30. The second-order valence-electron chi connectivity index (χ2n) is 7.56. The van der Waals surface area contributed by atoms with Gasteiger partial charge in [0, 0.05) is 19.3 Å².